The molecule has 29 heavy (non-hydrogen) atoms. The van der Waals surface area contributed by atoms with Gasteiger partial charge in [0.2, 0.25) is 0 Å². The van der Waals surface area contributed by atoms with E-state index in [0.717, 1.165) is 0 Å². The van der Waals surface area contributed by atoms with E-state index in [-0.39, 0.29) is 30.8 Å². The van der Waals surface area contributed by atoms with Crippen LogP contribution in [0.25, 0.3) is 0 Å². The summed E-state index contributed by atoms with van der Waals surface area (Å²) in [5.74, 6) is 0. The topological polar surface area (TPSA) is 116 Å². The van der Waals surface area contributed by atoms with E-state index in [1.54, 1.807) is 14.0 Å². The molecule has 0 aromatic heterocycles. The Bertz CT molecular complexity index is 496. The molecule has 0 spiro atoms. The van der Waals surface area contributed by atoms with Crippen molar-refractivity contribution in [3.63, 3.8) is 0 Å². The number of rotatable bonds is 5. The standard InChI is InChI=1S/C20H36O9/c1-9-6-14(22)19(11(3)25-9)28-17-8-15(24-5)20(12(4)27-17)29-16-7-13(21)18(23)10(2)26-16/h9-23H,6-8H2,1-5H3. The fraction of sp³-hybridized carbons (Fsp3) is 1.00. The summed E-state index contributed by atoms with van der Waals surface area (Å²) in [5, 5.41) is 30.2. The van der Waals surface area contributed by atoms with Crippen molar-refractivity contribution in [2.45, 2.75) is 121 Å². The Hall–Kier alpha value is -0.360. The van der Waals surface area contributed by atoms with Gasteiger partial charge >= 0.3 is 0 Å². The van der Waals surface area contributed by atoms with Gasteiger partial charge in [0.1, 0.15) is 18.3 Å². The Morgan fingerprint density at radius 2 is 1.28 bits per heavy atom. The number of aliphatic hydroxyl groups is 3. The van der Waals surface area contributed by atoms with Gasteiger partial charge in [-0.15, -0.1) is 0 Å². The molecule has 0 aromatic carbocycles. The Morgan fingerprint density at radius 1 is 0.690 bits per heavy atom. The third-order valence-electron chi connectivity index (χ3n) is 6.08. The Kier molecular flexibility index (Phi) is 7.91. The molecular weight excluding hydrogens is 384 g/mol. The molecule has 9 heteroatoms. The van der Waals surface area contributed by atoms with Gasteiger partial charge in [-0.3, -0.25) is 0 Å². The molecule has 12 atom stereocenters. The smallest absolute Gasteiger partial charge is 0.161 e. The second-order valence-corrected chi connectivity index (χ2v) is 8.50. The molecule has 0 saturated carbocycles. The lowest BCUT2D eigenvalue weighted by molar-refractivity contribution is -0.328. The number of aliphatic hydroxyl groups excluding tert-OH is 3. The SMILES string of the molecule is COC1CC(OC2C(O)CC(C)OC2C)OC(C)C1OC1CC(O)C(O)C(C)O1. The first-order valence-corrected chi connectivity index (χ1v) is 10.5. The molecule has 170 valence electrons. The molecule has 0 aliphatic carbocycles. The molecule has 0 radical (unpaired) electrons. The molecule has 12 unspecified atom stereocenters. The quantitative estimate of drug-likeness (QED) is 0.578. The lowest BCUT2D eigenvalue weighted by atomic mass is 9.98. The maximum Gasteiger partial charge on any atom is 0.161 e. The summed E-state index contributed by atoms with van der Waals surface area (Å²) in [4.78, 5) is 0. The van der Waals surface area contributed by atoms with Gasteiger partial charge in [0.25, 0.3) is 0 Å². The van der Waals surface area contributed by atoms with Gasteiger partial charge in [0, 0.05) is 26.4 Å². The van der Waals surface area contributed by atoms with E-state index in [9.17, 15) is 15.3 Å². The molecule has 9 nitrogen and oxygen atoms in total. The van der Waals surface area contributed by atoms with Gasteiger partial charge in [0.15, 0.2) is 12.6 Å². The van der Waals surface area contributed by atoms with Gasteiger partial charge in [-0.1, -0.05) is 0 Å². The predicted molar refractivity (Wildman–Crippen MR) is 101 cm³/mol. The van der Waals surface area contributed by atoms with E-state index < -0.39 is 49.2 Å². The van der Waals surface area contributed by atoms with Gasteiger partial charge in [-0.05, 0) is 27.7 Å². The first kappa shape index (κ1) is 23.3. The summed E-state index contributed by atoms with van der Waals surface area (Å²) in [5.41, 5.74) is 0. The summed E-state index contributed by atoms with van der Waals surface area (Å²) in [6.07, 6.45) is -4.94. The number of methoxy groups -OCH3 is 1. The second-order valence-electron chi connectivity index (χ2n) is 8.50. The van der Waals surface area contributed by atoms with Crippen molar-refractivity contribution in [1.82, 2.24) is 0 Å². The molecule has 0 amide bonds. The van der Waals surface area contributed by atoms with Crippen LogP contribution in [0, 0.1) is 0 Å². The van der Waals surface area contributed by atoms with Gasteiger partial charge < -0.3 is 43.7 Å². The van der Waals surface area contributed by atoms with Gasteiger partial charge in [0.05, 0.1) is 42.7 Å². The Morgan fingerprint density at radius 3 is 1.90 bits per heavy atom. The monoisotopic (exact) mass is 420 g/mol. The zero-order chi connectivity index (χ0) is 21.3. The minimum Gasteiger partial charge on any atom is -0.390 e. The fourth-order valence-corrected chi connectivity index (χ4v) is 4.47. The van der Waals surface area contributed by atoms with Crippen molar-refractivity contribution in [2.24, 2.45) is 0 Å². The number of hydrogen-bond acceptors (Lipinski definition) is 9. The first-order valence-electron chi connectivity index (χ1n) is 10.5. The summed E-state index contributed by atoms with van der Waals surface area (Å²) in [7, 11) is 1.60. The third-order valence-corrected chi connectivity index (χ3v) is 6.08. The van der Waals surface area contributed by atoms with Crippen molar-refractivity contribution >= 4 is 0 Å². The molecule has 3 N–H and O–H groups in total. The summed E-state index contributed by atoms with van der Waals surface area (Å²) in [6, 6.07) is 0. The van der Waals surface area contributed by atoms with Crippen molar-refractivity contribution in [3.8, 4) is 0 Å². The fourth-order valence-electron chi connectivity index (χ4n) is 4.47. The highest BCUT2D eigenvalue weighted by Crippen LogP contribution is 2.32. The minimum atomic E-state index is -0.931. The van der Waals surface area contributed by atoms with E-state index in [0.29, 0.717) is 12.8 Å². The van der Waals surface area contributed by atoms with Crippen molar-refractivity contribution in [2.75, 3.05) is 7.11 Å². The van der Waals surface area contributed by atoms with E-state index in [1.807, 2.05) is 20.8 Å². The first-order chi connectivity index (χ1) is 13.7. The van der Waals surface area contributed by atoms with Crippen LogP contribution in [0.5, 0.6) is 0 Å². The molecule has 0 bridgehead atoms. The van der Waals surface area contributed by atoms with Crippen LogP contribution < -0.4 is 0 Å². The highest BCUT2D eigenvalue weighted by Gasteiger charge is 2.44. The lowest BCUT2D eigenvalue weighted by Gasteiger charge is -2.45. The van der Waals surface area contributed by atoms with Crippen molar-refractivity contribution in [3.05, 3.63) is 0 Å². The van der Waals surface area contributed by atoms with Crippen LogP contribution in [0.15, 0.2) is 0 Å². The average molecular weight is 420 g/mol. The normalized spacial score (nSPS) is 51.7. The van der Waals surface area contributed by atoms with Crippen LogP contribution >= 0.6 is 0 Å². The molecule has 3 saturated heterocycles. The molecule has 0 aromatic rings. The maximum absolute atomic E-state index is 10.4. The van der Waals surface area contributed by atoms with Gasteiger partial charge in [-0.2, -0.15) is 0 Å². The number of hydrogen-bond donors (Lipinski definition) is 3. The lowest BCUT2D eigenvalue weighted by Crippen LogP contribution is -2.56. The Labute approximate surface area is 172 Å². The van der Waals surface area contributed by atoms with Crippen LogP contribution in [0.1, 0.15) is 47.0 Å². The average Bonchev–Trinajstić information content (AvgIpc) is 2.64. The highest BCUT2D eigenvalue weighted by atomic mass is 16.7. The highest BCUT2D eigenvalue weighted by molar-refractivity contribution is 4.88. The summed E-state index contributed by atoms with van der Waals surface area (Å²) < 4.78 is 35.2. The van der Waals surface area contributed by atoms with E-state index in [1.165, 1.54) is 0 Å². The molecule has 3 aliphatic rings. The van der Waals surface area contributed by atoms with Crippen molar-refractivity contribution < 1.29 is 43.7 Å². The van der Waals surface area contributed by atoms with Crippen LogP contribution in [-0.4, -0.2) is 96.0 Å². The molecule has 3 fully saturated rings. The predicted octanol–water partition coefficient (Wildman–Crippen LogP) is 0.322. The number of ether oxygens (including phenoxy) is 6. The van der Waals surface area contributed by atoms with E-state index in [2.05, 4.69) is 0 Å². The second kappa shape index (κ2) is 9.84. The van der Waals surface area contributed by atoms with E-state index >= 15 is 0 Å². The molecular formula is C20H36O9. The Balaban J connectivity index is 1.58. The van der Waals surface area contributed by atoms with Crippen molar-refractivity contribution in [1.29, 1.82) is 0 Å². The van der Waals surface area contributed by atoms with Crippen LogP contribution in [0.4, 0.5) is 0 Å². The maximum atomic E-state index is 10.4. The zero-order valence-corrected chi connectivity index (χ0v) is 17.8. The summed E-state index contributed by atoms with van der Waals surface area (Å²) in [6.45, 7) is 7.38. The van der Waals surface area contributed by atoms with Crippen LogP contribution in [0.3, 0.4) is 0 Å². The molecule has 3 aliphatic heterocycles. The largest absolute Gasteiger partial charge is 0.390 e. The van der Waals surface area contributed by atoms with Gasteiger partial charge in [-0.25, -0.2) is 0 Å². The molecule has 3 heterocycles. The van der Waals surface area contributed by atoms with Crippen LogP contribution in [0.2, 0.25) is 0 Å². The minimum absolute atomic E-state index is 0.0118. The molecule has 3 rings (SSSR count). The third kappa shape index (κ3) is 5.47. The summed E-state index contributed by atoms with van der Waals surface area (Å²) >= 11 is 0. The zero-order valence-electron chi connectivity index (χ0n) is 17.8. The van der Waals surface area contributed by atoms with E-state index in [4.69, 9.17) is 28.4 Å². The van der Waals surface area contributed by atoms with Crippen LogP contribution in [-0.2, 0) is 28.4 Å².